The molecule has 1 amide bonds. The number of aromatic nitrogens is 3. The third-order valence-corrected chi connectivity index (χ3v) is 3.56. The van der Waals surface area contributed by atoms with Crippen LogP contribution >= 0.6 is 11.6 Å². The predicted molar refractivity (Wildman–Crippen MR) is 73.3 cm³/mol. The lowest BCUT2D eigenvalue weighted by Crippen LogP contribution is -2.23. The molecule has 1 atom stereocenters. The second kappa shape index (κ2) is 5.05. The number of hydrogen-bond donors (Lipinski definition) is 2. The van der Waals surface area contributed by atoms with Gasteiger partial charge in [0.2, 0.25) is 0 Å². The van der Waals surface area contributed by atoms with Gasteiger partial charge in [-0.2, -0.15) is 0 Å². The van der Waals surface area contributed by atoms with Gasteiger partial charge in [0, 0.05) is 5.69 Å². The lowest BCUT2D eigenvalue weighted by atomic mass is 10.2. The summed E-state index contributed by atoms with van der Waals surface area (Å²) in [5, 5.41) is 8.60. The number of halogens is 1. The molecule has 0 aliphatic rings. The van der Waals surface area contributed by atoms with Crippen molar-refractivity contribution in [3.8, 4) is 0 Å². The van der Waals surface area contributed by atoms with Crippen LogP contribution < -0.4 is 5.43 Å². The van der Waals surface area contributed by atoms with Crippen molar-refractivity contribution in [2.45, 2.75) is 32.6 Å². The van der Waals surface area contributed by atoms with Crippen molar-refractivity contribution in [2.24, 2.45) is 0 Å². The maximum atomic E-state index is 11.0. The minimum absolute atomic E-state index is 0.362. The molecule has 1 unspecified atom stereocenters. The molecule has 102 valence electrons. The van der Waals surface area contributed by atoms with Crippen LogP contribution in [0.3, 0.4) is 0 Å². The van der Waals surface area contributed by atoms with Gasteiger partial charge in [-0.1, -0.05) is 6.92 Å². The number of fused-ring (bicyclic) bond motifs is 1. The van der Waals surface area contributed by atoms with E-state index in [2.05, 4.69) is 15.4 Å². The SMILES string of the molecule is CCC(Cl)c1nc2cnc(C)c(C)c2n1NC(=O)O. The fourth-order valence-electron chi connectivity index (χ4n) is 1.93. The number of nitrogens with one attached hydrogen (secondary N) is 1. The number of pyridine rings is 1. The van der Waals surface area contributed by atoms with Gasteiger partial charge in [0.15, 0.2) is 0 Å². The standard InChI is InChI=1S/C12H15ClN4O2/c1-4-8(13)11-15-9-5-14-7(3)6(2)10(9)17(11)16-12(18)19/h5,8,16H,4H2,1-3H3,(H,18,19). The fraction of sp³-hybridized carbons (Fsp3) is 0.417. The fourth-order valence-corrected chi connectivity index (χ4v) is 2.08. The summed E-state index contributed by atoms with van der Waals surface area (Å²) in [6.45, 7) is 5.66. The van der Waals surface area contributed by atoms with E-state index in [1.165, 1.54) is 4.68 Å². The predicted octanol–water partition coefficient (Wildman–Crippen LogP) is 2.96. The maximum absolute atomic E-state index is 11.0. The number of imidazole rings is 1. The Kier molecular flexibility index (Phi) is 3.61. The summed E-state index contributed by atoms with van der Waals surface area (Å²) in [7, 11) is 0. The number of hydrogen-bond acceptors (Lipinski definition) is 3. The van der Waals surface area contributed by atoms with Gasteiger partial charge in [0.05, 0.1) is 17.1 Å². The number of carbonyl (C=O) groups is 1. The maximum Gasteiger partial charge on any atom is 0.424 e. The molecule has 2 rings (SSSR count). The Labute approximate surface area is 115 Å². The molecule has 7 heteroatoms. The van der Waals surface area contributed by atoms with Crippen LogP contribution in [0.5, 0.6) is 0 Å². The molecular formula is C12H15ClN4O2. The Morgan fingerprint density at radius 2 is 2.26 bits per heavy atom. The van der Waals surface area contributed by atoms with Crippen molar-refractivity contribution >= 4 is 28.7 Å². The van der Waals surface area contributed by atoms with Crippen molar-refractivity contribution < 1.29 is 9.90 Å². The van der Waals surface area contributed by atoms with Gasteiger partial charge in [0.25, 0.3) is 0 Å². The average molecular weight is 283 g/mol. The topological polar surface area (TPSA) is 80.0 Å². The van der Waals surface area contributed by atoms with Crippen LogP contribution in [0, 0.1) is 13.8 Å². The smallest absolute Gasteiger partial charge is 0.424 e. The zero-order valence-corrected chi connectivity index (χ0v) is 11.7. The highest BCUT2D eigenvalue weighted by Crippen LogP contribution is 2.28. The molecule has 6 nitrogen and oxygen atoms in total. The third-order valence-electron chi connectivity index (χ3n) is 3.05. The van der Waals surface area contributed by atoms with E-state index in [0.717, 1.165) is 11.3 Å². The van der Waals surface area contributed by atoms with Crippen LogP contribution in [0.4, 0.5) is 4.79 Å². The lowest BCUT2D eigenvalue weighted by molar-refractivity contribution is 0.206. The average Bonchev–Trinajstić information content (AvgIpc) is 2.72. The molecule has 2 N–H and O–H groups in total. The first-order valence-electron chi connectivity index (χ1n) is 5.94. The minimum Gasteiger partial charge on any atom is -0.464 e. The highest BCUT2D eigenvalue weighted by atomic mass is 35.5. The molecule has 0 aliphatic heterocycles. The highest BCUT2D eigenvalue weighted by Gasteiger charge is 2.20. The van der Waals surface area contributed by atoms with Gasteiger partial charge in [-0.15, -0.1) is 11.6 Å². The van der Waals surface area contributed by atoms with E-state index in [4.69, 9.17) is 16.7 Å². The zero-order valence-electron chi connectivity index (χ0n) is 10.9. The second-order valence-electron chi connectivity index (χ2n) is 4.30. The second-order valence-corrected chi connectivity index (χ2v) is 4.83. The quantitative estimate of drug-likeness (QED) is 0.848. The molecule has 0 fully saturated rings. The van der Waals surface area contributed by atoms with Crippen LogP contribution in [-0.2, 0) is 0 Å². The van der Waals surface area contributed by atoms with Crippen molar-refractivity contribution in [1.82, 2.24) is 14.6 Å². The number of rotatable bonds is 3. The molecule has 2 aromatic heterocycles. The molecule has 0 saturated carbocycles. The number of amides is 1. The summed E-state index contributed by atoms with van der Waals surface area (Å²) in [5.41, 5.74) is 5.38. The monoisotopic (exact) mass is 282 g/mol. The lowest BCUT2D eigenvalue weighted by Gasteiger charge is -2.12. The Bertz CT molecular complexity index is 638. The van der Waals surface area contributed by atoms with E-state index >= 15 is 0 Å². The van der Waals surface area contributed by atoms with Crippen LogP contribution in [0.2, 0.25) is 0 Å². The zero-order chi connectivity index (χ0) is 14.2. The normalized spacial score (nSPS) is 12.6. The Hall–Kier alpha value is -1.82. The summed E-state index contributed by atoms with van der Waals surface area (Å²) in [5.74, 6) is 0.483. The van der Waals surface area contributed by atoms with Gasteiger partial charge in [0.1, 0.15) is 11.3 Å². The van der Waals surface area contributed by atoms with E-state index in [0.29, 0.717) is 23.3 Å². The van der Waals surface area contributed by atoms with Crippen LogP contribution in [-0.4, -0.2) is 25.8 Å². The molecule has 0 spiro atoms. The third kappa shape index (κ3) is 2.35. The first kappa shape index (κ1) is 13.6. The highest BCUT2D eigenvalue weighted by molar-refractivity contribution is 6.20. The van der Waals surface area contributed by atoms with E-state index in [-0.39, 0.29) is 5.38 Å². The summed E-state index contributed by atoms with van der Waals surface area (Å²) >= 11 is 6.21. The molecule has 19 heavy (non-hydrogen) atoms. The molecule has 0 saturated heterocycles. The molecule has 0 aromatic carbocycles. The van der Waals surface area contributed by atoms with E-state index in [9.17, 15) is 4.79 Å². The van der Waals surface area contributed by atoms with Crippen molar-refractivity contribution in [1.29, 1.82) is 0 Å². The van der Waals surface area contributed by atoms with Crippen LogP contribution in [0.1, 0.15) is 35.8 Å². The van der Waals surface area contributed by atoms with Crippen LogP contribution in [0.15, 0.2) is 6.20 Å². The molecule has 2 aromatic rings. The van der Waals surface area contributed by atoms with Crippen molar-refractivity contribution in [2.75, 3.05) is 5.43 Å². The van der Waals surface area contributed by atoms with Gasteiger partial charge >= 0.3 is 6.09 Å². The summed E-state index contributed by atoms with van der Waals surface area (Å²) < 4.78 is 1.43. The van der Waals surface area contributed by atoms with Crippen molar-refractivity contribution in [3.05, 3.63) is 23.3 Å². The van der Waals surface area contributed by atoms with E-state index < -0.39 is 6.09 Å². The summed E-state index contributed by atoms with van der Waals surface area (Å²) in [4.78, 5) is 19.6. The largest absolute Gasteiger partial charge is 0.464 e. The number of carboxylic acid groups (broad SMARTS) is 1. The molecular weight excluding hydrogens is 268 g/mol. The number of aryl methyl sites for hydroxylation is 2. The minimum atomic E-state index is -1.16. The van der Waals surface area contributed by atoms with Crippen molar-refractivity contribution in [3.63, 3.8) is 0 Å². The first-order valence-corrected chi connectivity index (χ1v) is 6.37. The van der Waals surface area contributed by atoms with Gasteiger partial charge in [-0.25, -0.2) is 19.9 Å². The number of nitrogens with zero attached hydrogens (tertiary/aromatic N) is 3. The van der Waals surface area contributed by atoms with Crippen LogP contribution in [0.25, 0.3) is 11.0 Å². The molecule has 0 aliphatic carbocycles. The van der Waals surface area contributed by atoms with Gasteiger partial charge in [-0.3, -0.25) is 4.98 Å². The van der Waals surface area contributed by atoms with Gasteiger partial charge < -0.3 is 5.11 Å². The van der Waals surface area contributed by atoms with E-state index in [1.54, 1.807) is 6.20 Å². The Balaban J connectivity index is 2.75. The molecule has 0 bridgehead atoms. The van der Waals surface area contributed by atoms with Gasteiger partial charge in [-0.05, 0) is 25.8 Å². The molecule has 2 heterocycles. The Morgan fingerprint density at radius 1 is 1.58 bits per heavy atom. The van der Waals surface area contributed by atoms with E-state index in [1.807, 2.05) is 20.8 Å². The summed E-state index contributed by atoms with van der Waals surface area (Å²) in [6.07, 6.45) is 1.12. The molecule has 0 radical (unpaired) electrons. The Morgan fingerprint density at radius 3 is 2.84 bits per heavy atom. The summed E-state index contributed by atoms with van der Waals surface area (Å²) in [6, 6.07) is 0. The number of alkyl halides is 1. The first-order chi connectivity index (χ1) is 8.95.